The number of nitrogens with one attached hydrogen (secondary N) is 2. The highest BCUT2D eigenvalue weighted by Crippen LogP contribution is 2.41. The molecule has 0 aromatic carbocycles. The molecule has 3 aliphatic rings. The molecule has 0 fully saturated rings. The van der Waals surface area contributed by atoms with Gasteiger partial charge in [-0.2, -0.15) is 0 Å². The van der Waals surface area contributed by atoms with Crippen LogP contribution in [-0.2, 0) is 12.8 Å². The number of rotatable bonds is 2. The van der Waals surface area contributed by atoms with Gasteiger partial charge < -0.3 is 9.97 Å². The van der Waals surface area contributed by atoms with Gasteiger partial charge in [0.25, 0.3) is 0 Å². The van der Waals surface area contributed by atoms with Crippen molar-refractivity contribution in [2.24, 2.45) is 0 Å². The lowest BCUT2D eigenvalue weighted by molar-refractivity contribution is 0.906. The fourth-order valence-corrected chi connectivity index (χ4v) is 7.25. The lowest BCUT2D eigenvalue weighted by Crippen LogP contribution is -1.90. The summed E-state index contributed by atoms with van der Waals surface area (Å²) in [5.41, 5.74) is 13.4. The summed E-state index contributed by atoms with van der Waals surface area (Å²) >= 11 is 3.52. The van der Waals surface area contributed by atoms with Crippen molar-refractivity contribution in [1.82, 2.24) is 19.9 Å². The summed E-state index contributed by atoms with van der Waals surface area (Å²) < 4.78 is 0. The molecule has 0 atom stereocenters. The summed E-state index contributed by atoms with van der Waals surface area (Å²) in [5, 5.41) is 4.29. The summed E-state index contributed by atoms with van der Waals surface area (Å²) in [7, 11) is 0. The largest absolute Gasteiger partial charge is 0.353 e. The Morgan fingerprint density at radius 2 is 1.00 bits per heavy atom. The number of thiophene rings is 2. The second-order valence-corrected chi connectivity index (χ2v) is 11.4. The van der Waals surface area contributed by atoms with Crippen molar-refractivity contribution in [2.45, 2.75) is 19.3 Å². The van der Waals surface area contributed by atoms with Crippen LogP contribution in [0.3, 0.4) is 0 Å². The molecule has 7 heterocycles. The van der Waals surface area contributed by atoms with Crippen molar-refractivity contribution in [3.05, 3.63) is 93.2 Å². The molecule has 2 aliphatic heterocycles. The molecule has 178 valence electrons. The third-order valence-electron chi connectivity index (χ3n) is 7.36. The number of aromatic nitrogens is 4. The van der Waals surface area contributed by atoms with Crippen molar-refractivity contribution >= 4 is 69.0 Å². The van der Waals surface area contributed by atoms with Gasteiger partial charge in [0.2, 0.25) is 0 Å². The Labute approximate surface area is 221 Å². The van der Waals surface area contributed by atoms with Gasteiger partial charge in [0.1, 0.15) is 0 Å². The van der Waals surface area contributed by atoms with Crippen LogP contribution in [0, 0.1) is 0 Å². The van der Waals surface area contributed by atoms with Gasteiger partial charge in [-0.05, 0) is 102 Å². The number of hydrogen-bond acceptors (Lipinski definition) is 4. The van der Waals surface area contributed by atoms with Crippen LogP contribution in [0.25, 0.3) is 67.3 Å². The fourth-order valence-electron chi connectivity index (χ4n) is 5.67. The van der Waals surface area contributed by atoms with E-state index in [1.807, 2.05) is 0 Å². The van der Waals surface area contributed by atoms with E-state index in [9.17, 15) is 0 Å². The molecule has 1 aliphatic carbocycles. The molecule has 2 N–H and O–H groups in total. The van der Waals surface area contributed by atoms with Crippen LogP contribution < -0.4 is 0 Å². The number of fused-ring (bicyclic) bond motifs is 13. The van der Waals surface area contributed by atoms with Crippen LogP contribution in [0.2, 0.25) is 0 Å². The Morgan fingerprint density at radius 1 is 0.541 bits per heavy atom. The molecule has 5 aromatic rings. The molecule has 0 radical (unpaired) electrons. The highest BCUT2D eigenvalue weighted by molar-refractivity contribution is 7.14. The first kappa shape index (κ1) is 21.1. The van der Waals surface area contributed by atoms with Crippen molar-refractivity contribution in [3.8, 4) is 20.9 Å². The average molecular weight is 515 g/mol. The van der Waals surface area contributed by atoms with Crippen LogP contribution in [0.1, 0.15) is 40.3 Å². The van der Waals surface area contributed by atoms with E-state index in [0.29, 0.717) is 0 Å². The Morgan fingerprint density at radius 3 is 1.46 bits per heavy atom. The van der Waals surface area contributed by atoms with Crippen molar-refractivity contribution in [2.75, 3.05) is 0 Å². The molecular weight excluding hydrogens is 493 g/mol. The average Bonchev–Trinajstić information content (AvgIpc) is 3.77. The fraction of sp³-hybridized carbons (Fsp3) is 0.0968. The summed E-state index contributed by atoms with van der Waals surface area (Å²) in [6, 6.07) is 17.4. The van der Waals surface area contributed by atoms with E-state index in [2.05, 4.69) is 93.6 Å². The predicted molar refractivity (Wildman–Crippen MR) is 158 cm³/mol. The van der Waals surface area contributed by atoms with Gasteiger partial charge in [0, 0.05) is 31.9 Å². The second kappa shape index (κ2) is 8.26. The second-order valence-electron chi connectivity index (χ2n) is 9.52. The lowest BCUT2D eigenvalue weighted by atomic mass is 10.1. The minimum atomic E-state index is 0.980. The molecule has 5 aromatic heterocycles. The zero-order chi connectivity index (χ0) is 24.3. The smallest absolute Gasteiger partial charge is 0.0872 e. The quantitative estimate of drug-likeness (QED) is 0.243. The summed E-state index contributed by atoms with van der Waals surface area (Å²) in [6.45, 7) is 0. The Hall–Kier alpha value is -4.00. The summed E-state index contributed by atoms with van der Waals surface area (Å²) in [6.07, 6.45) is 11.9. The van der Waals surface area contributed by atoms with Gasteiger partial charge >= 0.3 is 0 Å². The number of hydrogen-bond donors (Lipinski definition) is 2. The van der Waals surface area contributed by atoms with Crippen molar-refractivity contribution < 1.29 is 0 Å². The van der Waals surface area contributed by atoms with Crippen molar-refractivity contribution in [1.29, 1.82) is 0 Å². The first-order valence-electron chi connectivity index (χ1n) is 12.5. The molecule has 6 heteroatoms. The number of nitrogens with zero attached hydrogens (tertiary/aromatic N) is 2. The zero-order valence-corrected chi connectivity index (χ0v) is 21.5. The molecule has 0 amide bonds. The van der Waals surface area contributed by atoms with Crippen molar-refractivity contribution in [3.63, 3.8) is 0 Å². The van der Waals surface area contributed by atoms with E-state index < -0.39 is 0 Å². The van der Waals surface area contributed by atoms with Gasteiger partial charge in [-0.3, -0.25) is 0 Å². The molecular formula is C31H22N4S2. The monoisotopic (exact) mass is 514 g/mol. The molecule has 4 nitrogen and oxygen atoms in total. The van der Waals surface area contributed by atoms with Crippen LogP contribution in [0.15, 0.2) is 59.3 Å². The maximum atomic E-state index is 5.09. The normalized spacial score (nSPS) is 13.9. The number of aromatic amines is 2. The molecule has 8 bridgehead atoms. The lowest BCUT2D eigenvalue weighted by Gasteiger charge is -2.07. The molecule has 37 heavy (non-hydrogen) atoms. The van der Waals surface area contributed by atoms with Gasteiger partial charge in [-0.1, -0.05) is 12.1 Å². The Bertz CT molecular complexity index is 1760. The van der Waals surface area contributed by atoms with E-state index in [1.54, 1.807) is 22.7 Å². The van der Waals surface area contributed by atoms with E-state index >= 15 is 0 Å². The number of H-pyrrole nitrogens is 2. The zero-order valence-electron chi connectivity index (χ0n) is 19.9. The topological polar surface area (TPSA) is 57.4 Å². The first-order valence-corrected chi connectivity index (χ1v) is 14.3. The van der Waals surface area contributed by atoms with Crippen LogP contribution in [0.5, 0.6) is 0 Å². The van der Waals surface area contributed by atoms with Gasteiger partial charge in [0.05, 0.1) is 33.8 Å². The van der Waals surface area contributed by atoms with E-state index in [0.717, 1.165) is 64.1 Å². The Balaban J connectivity index is 1.58. The SMILES string of the molecule is C1=Cc2nc1c1c(c3nc(c4ccc([nH]4)c(-c4cccs4)c(-c4cccs4)c4ccc2[nH]4)C=C3)CCC1. The molecule has 0 saturated carbocycles. The standard InChI is InChI=1S/C31H22N4S2/c1-4-18-19(5-1)21-9-11-23(33-21)25-13-15-27(35-25)31(29-7-3-17-37-29)30(28-6-2-16-36-28)26-14-12-24(34-26)22-10-8-20(18)32-22/h2-3,6-17,34-35H,1,4-5H2. The van der Waals surface area contributed by atoms with E-state index in [1.165, 1.54) is 32.0 Å². The van der Waals surface area contributed by atoms with E-state index in [4.69, 9.17) is 9.97 Å². The molecule has 8 rings (SSSR count). The maximum absolute atomic E-state index is 5.09. The third kappa shape index (κ3) is 3.40. The highest BCUT2D eigenvalue weighted by Gasteiger charge is 2.20. The maximum Gasteiger partial charge on any atom is 0.0872 e. The van der Waals surface area contributed by atoms with Gasteiger partial charge in [0.15, 0.2) is 0 Å². The molecule has 0 saturated heterocycles. The summed E-state index contributed by atoms with van der Waals surface area (Å²) in [5.74, 6) is 0. The predicted octanol–water partition coefficient (Wildman–Crippen LogP) is 8.60. The van der Waals surface area contributed by atoms with E-state index in [-0.39, 0.29) is 0 Å². The van der Waals surface area contributed by atoms with Gasteiger partial charge in [-0.15, -0.1) is 22.7 Å². The van der Waals surface area contributed by atoms with Crippen LogP contribution in [-0.4, -0.2) is 19.9 Å². The molecule has 0 unspecified atom stereocenters. The first-order chi connectivity index (χ1) is 18.3. The minimum Gasteiger partial charge on any atom is -0.353 e. The highest BCUT2D eigenvalue weighted by atomic mass is 32.1. The van der Waals surface area contributed by atoms with Crippen LogP contribution in [0.4, 0.5) is 0 Å². The minimum absolute atomic E-state index is 0.980. The Kier molecular flexibility index (Phi) is 4.72. The van der Waals surface area contributed by atoms with Crippen LogP contribution >= 0.6 is 22.7 Å². The molecule has 0 spiro atoms. The summed E-state index contributed by atoms with van der Waals surface area (Å²) in [4.78, 5) is 20.1. The third-order valence-corrected chi connectivity index (χ3v) is 9.14. The van der Waals surface area contributed by atoms with Gasteiger partial charge in [-0.25, -0.2) is 9.97 Å².